The predicted molar refractivity (Wildman–Crippen MR) is 40.8 cm³/mol. The molecule has 0 aromatic heterocycles. The summed E-state index contributed by atoms with van der Waals surface area (Å²) in [6.45, 7) is 0.934. The van der Waals surface area contributed by atoms with Crippen LogP contribution in [0.25, 0.3) is 0 Å². The van der Waals surface area contributed by atoms with Crippen LogP contribution < -0.4 is 15.9 Å². The molecule has 0 fully saturated rings. The second-order valence-corrected chi connectivity index (χ2v) is 2.00. The first kappa shape index (κ1) is 13.6. The summed E-state index contributed by atoms with van der Waals surface area (Å²) in [7, 11) is 0. The van der Waals surface area contributed by atoms with Gasteiger partial charge in [0, 0.05) is 5.75 Å². The maximum Gasteiger partial charge on any atom is 0.0829 e. The predicted octanol–water partition coefficient (Wildman–Crippen LogP) is -3.80. The van der Waals surface area contributed by atoms with Gasteiger partial charge < -0.3 is 25.5 Å². The summed E-state index contributed by atoms with van der Waals surface area (Å²) in [6, 6.07) is 0. The van der Waals surface area contributed by atoms with Crippen LogP contribution in [0.1, 0.15) is 0 Å². The van der Waals surface area contributed by atoms with Crippen molar-refractivity contribution in [2.75, 3.05) is 12.3 Å². The Labute approximate surface area is 75.3 Å². The fourth-order valence-corrected chi connectivity index (χ4v) is 0.136. The van der Waals surface area contributed by atoms with Crippen LogP contribution in [0.3, 0.4) is 0 Å². The summed E-state index contributed by atoms with van der Waals surface area (Å²) in [5.41, 5.74) is 3.53. The highest BCUT2D eigenvalue weighted by molar-refractivity contribution is 7.80. The maximum absolute atomic E-state index is 9.41. The standard InChI is InChI=1S/C4H4O4.C2H7NS/c5-3(6)1-2-4(7)8;3-1-2-4/h1-2H,(H,5,6)(H,7,8);4H,1-3H2/p-1/b2-1-;. The molecule has 0 aliphatic heterocycles. The maximum atomic E-state index is 9.41. The molecule has 12 heavy (non-hydrogen) atoms. The smallest absolute Gasteiger partial charge is 0.0829 e. The van der Waals surface area contributed by atoms with Crippen LogP contribution in [-0.4, -0.2) is 24.2 Å². The van der Waals surface area contributed by atoms with Crippen molar-refractivity contribution in [2.45, 2.75) is 0 Å². The summed E-state index contributed by atoms with van der Waals surface area (Å²) in [5.74, 6) is -2.19. The number of hydrogen-bond donors (Lipinski definition) is 2. The number of thiol groups is 1. The number of carbonyl (C=O) groups is 2. The Kier molecular flexibility index (Phi) is 11.3. The van der Waals surface area contributed by atoms with E-state index in [0.29, 0.717) is 12.2 Å². The highest BCUT2D eigenvalue weighted by atomic mass is 32.1. The van der Waals surface area contributed by atoms with Gasteiger partial charge in [0.2, 0.25) is 0 Å². The molecule has 6 heteroatoms. The van der Waals surface area contributed by atoms with Crippen molar-refractivity contribution < 1.29 is 25.5 Å². The van der Waals surface area contributed by atoms with Crippen molar-refractivity contribution in [1.82, 2.24) is 0 Å². The van der Waals surface area contributed by atoms with Crippen LogP contribution in [0.15, 0.2) is 12.2 Å². The Balaban J connectivity index is 0. The fourth-order valence-electron chi connectivity index (χ4n) is 0.136. The Hall–Kier alpha value is -1.01. The number of hydrogen-bond acceptors (Lipinski definition) is 5. The van der Waals surface area contributed by atoms with Crippen molar-refractivity contribution in [3.63, 3.8) is 0 Å². The summed E-state index contributed by atoms with van der Waals surface area (Å²) in [5, 5.41) is 18.8. The normalized spacial score (nSPS) is 8.83. The molecule has 0 rings (SSSR count). The zero-order valence-electron chi connectivity index (χ0n) is 6.36. The molecule has 0 aromatic rings. The van der Waals surface area contributed by atoms with Crippen LogP contribution in [0.4, 0.5) is 0 Å². The lowest BCUT2D eigenvalue weighted by molar-refractivity contribution is -0.360. The molecule has 5 nitrogen and oxygen atoms in total. The molecule has 0 heterocycles. The van der Waals surface area contributed by atoms with Crippen molar-refractivity contribution in [3.8, 4) is 0 Å². The highest BCUT2D eigenvalue weighted by Crippen LogP contribution is 1.64. The van der Waals surface area contributed by atoms with Gasteiger partial charge in [0.25, 0.3) is 0 Å². The summed E-state index contributed by atoms with van der Waals surface area (Å²) >= 11 is 3.86. The van der Waals surface area contributed by atoms with Gasteiger partial charge in [-0.2, -0.15) is 12.6 Å². The molecule has 0 unspecified atom stereocenters. The molecule has 0 aliphatic rings. The van der Waals surface area contributed by atoms with Gasteiger partial charge in [-0.3, -0.25) is 0 Å². The lowest BCUT2D eigenvalue weighted by Gasteiger charge is -1.90. The van der Waals surface area contributed by atoms with Crippen molar-refractivity contribution in [1.29, 1.82) is 0 Å². The van der Waals surface area contributed by atoms with E-state index in [9.17, 15) is 19.8 Å². The lowest BCUT2D eigenvalue weighted by atomic mass is 10.5. The number of rotatable bonds is 3. The van der Waals surface area contributed by atoms with Crippen molar-refractivity contribution in [2.24, 2.45) is 0 Å². The van der Waals surface area contributed by atoms with E-state index in [1.165, 1.54) is 0 Å². The van der Waals surface area contributed by atoms with Gasteiger partial charge >= 0.3 is 0 Å². The van der Waals surface area contributed by atoms with Gasteiger partial charge in [-0.1, -0.05) is 0 Å². The molecule has 70 valence electrons. The van der Waals surface area contributed by atoms with Gasteiger partial charge in [0.1, 0.15) is 0 Å². The highest BCUT2D eigenvalue weighted by Gasteiger charge is 1.71. The minimum Gasteiger partial charge on any atom is -0.545 e. The molecule has 0 bridgehead atoms. The van der Waals surface area contributed by atoms with E-state index in [-0.39, 0.29) is 0 Å². The lowest BCUT2D eigenvalue weighted by Crippen LogP contribution is -2.51. The number of carboxylic acids is 2. The molecule has 0 radical (unpaired) electrons. The molecule has 0 aromatic carbocycles. The van der Waals surface area contributed by atoms with E-state index < -0.39 is 11.9 Å². The number of quaternary nitrogens is 1. The average molecular weight is 192 g/mol. The van der Waals surface area contributed by atoms with E-state index in [2.05, 4.69) is 18.4 Å². The Morgan fingerprint density at radius 1 is 1.25 bits per heavy atom. The summed E-state index contributed by atoms with van der Waals surface area (Å²) in [4.78, 5) is 18.8. The van der Waals surface area contributed by atoms with E-state index >= 15 is 0 Å². The Morgan fingerprint density at radius 3 is 1.58 bits per heavy atom. The SMILES string of the molecule is O=C([O-])/C=C\C(=O)[O-].[NH3+]CCS. The van der Waals surface area contributed by atoms with E-state index in [1.54, 1.807) is 0 Å². The molecule has 0 spiro atoms. The third kappa shape index (κ3) is 23.0. The van der Waals surface area contributed by atoms with Gasteiger partial charge in [-0.25, -0.2) is 0 Å². The number of aliphatic carboxylic acids is 2. The minimum absolute atomic E-state index is 0.384. The molecule has 0 atom stereocenters. The second-order valence-electron chi connectivity index (χ2n) is 1.55. The first-order chi connectivity index (χ1) is 5.54. The fraction of sp³-hybridized carbons (Fsp3) is 0.333. The average Bonchev–Trinajstić information content (AvgIpc) is 2.01. The van der Waals surface area contributed by atoms with Crippen LogP contribution in [0.5, 0.6) is 0 Å². The molecule has 0 saturated carbocycles. The molecule has 0 amide bonds. The molecule has 0 saturated heterocycles. The molecular weight excluding hydrogens is 182 g/mol. The topological polar surface area (TPSA) is 108 Å². The van der Waals surface area contributed by atoms with Gasteiger partial charge in [-0.15, -0.1) is 0 Å². The third-order valence-electron chi connectivity index (χ3n) is 0.514. The zero-order chi connectivity index (χ0) is 9.98. The van der Waals surface area contributed by atoms with E-state index in [4.69, 9.17) is 0 Å². The zero-order valence-corrected chi connectivity index (χ0v) is 7.25. The third-order valence-corrected chi connectivity index (χ3v) is 0.830. The van der Waals surface area contributed by atoms with Crippen LogP contribution in [0, 0.1) is 0 Å². The minimum atomic E-state index is -1.55. The van der Waals surface area contributed by atoms with Gasteiger partial charge in [-0.05, 0) is 12.2 Å². The molecule has 3 N–H and O–H groups in total. The van der Waals surface area contributed by atoms with E-state index in [0.717, 1.165) is 12.3 Å². The quantitative estimate of drug-likeness (QED) is 0.353. The second kappa shape index (κ2) is 9.99. The summed E-state index contributed by atoms with van der Waals surface area (Å²) in [6.07, 6.45) is 0.769. The number of carboxylic acid groups (broad SMARTS) is 2. The van der Waals surface area contributed by atoms with Gasteiger partial charge in [0.15, 0.2) is 0 Å². The molecule has 0 aliphatic carbocycles. The van der Waals surface area contributed by atoms with Crippen LogP contribution in [-0.2, 0) is 9.59 Å². The summed E-state index contributed by atoms with van der Waals surface area (Å²) < 4.78 is 0. The van der Waals surface area contributed by atoms with Gasteiger partial charge in [0.05, 0.1) is 18.5 Å². The first-order valence-electron chi connectivity index (χ1n) is 3.04. The Morgan fingerprint density at radius 2 is 1.50 bits per heavy atom. The van der Waals surface area contributed by atoms with Crippen LogP contribution >= 0.6 is 12.6 Å². The first-order valence-corrected chi connectivity index (χ1v) is 3.68. The Bertz CT molecular complexity index is 151. The van der Waals surface area contributed by atoms with Crippen LogP contribution in [0.2, 0.25) is 0 Å². The van der Waals surface area contributed by atoms with Crippen molar-refractivity contribution >= 4 is 24.6 Å². The molecular formula is C6H10NO4S-. The monoisotopic (exact) mass is 192 g/mol. The largest absolute Gasteiger partial charge is 0.545 e. The van der Waals surface area contributed by atoms with Crippen molar-refractivity contribution in [3.05, 3.63) is 12.2 Å². The van der Waals surface area contributed by atoms with E-state index in [1.807, 2.05) is 0 Å². The number of carbonyl (C=O) groups excluding carboxylic acids is 2.